The zero-order valence-corrected chi connectivity index (χ0v) is 9.88. The van der Waals surface area contributed by atoms with Gasteiger partial charge in [-0.15, -0.1) is 0 Å². The number of carbonyl (C=O) groups is 2. The molecule has 0 radical (unpaired) electrons. The summed E-state index contributed by atoms with van der Waals surface area (Å²) in [6.45, 7) is 1.64. The summed E-state index contributed by atoms with van der Waals surface area (Å²) in [6, 6.07) is 5.05. The fourth-order valence-electron chi connectivity index (χ4n) is 1.43. The molecule has 1 aromatic heterocycles. The first-order chi connectivity index (χ1) is 8.97. The van der Waals surface area contributed by atoms with Crippen LogP contribution in [0.4, 0.5) is 5.69 Å². The number of hydrogen-bond acceptors (Lipinski definition) is 5. The number of phenolic OH excluding ortho intramolecular Hbond substituents is 1. The number of hydrogen-bond donors (Lipinski definition) is 3. The number of nitrogens with zero attached hydrogens (tertiary/aromatic N) is 1. The quantitative estimate of drug-likeness (QED) is 0.725. The number of aromatic nitrogens is 1. The number of nitrogens with one attached hydrogen (secondary N) is 1. The number of rotatable bonds is 3. The molecule has 0 bridgehead atoms. The van der Waals surface area contributed by atoms with Gasteiger partial charge in [-0.3, -0.25) is 4.79 Å². The summed E-state index contributed by atoms with van der Waals surface area (Å²) in [4.78, 5) is 22.4. The Kier molecular flexibility index (Phi) is 3.19. The number of amides is 1. The van der Waals surface area contributed by atoms with E-state index in [2.05, 4.69) is 10.5 Å². The van der Waals surface area contributed by atoms with E-state index in [1.54, 1.807) is 6.92 Å². The maximum absolute atomic E-state index is 11.7. The molecule has 7 nitrogen and oxygen atoms in total. The van der Waals surface area contributed by atoms with Crippen molar-refractivity contribution in [1.29, 1.82) is 0 Å². The minimum absolute atomic E-state index is 0.0687. The molecule has 19 heavy (non-hydrogen) atoms. The Hall–Kier alpha value is -2.83. The van der Waals surface area contributed by atoms with E-state index < -0.39 is 11.9 Å². The Balaban J connectivity index is 2.20. The lowest BCUT2D eigenvalue weighted by molar-refractivity contribution is 0.0696. The largest absolute Gasteiger partial charge is 0.506 e. The second kappa shape index (κ2) is 4.81. The van der Waals surface area contributed by atoms with Gasteiger partial charge in [0.25, 0.3) is 5.91 Å². The third kappa shape index (κ3) is 2.71. The smallest absolute Gasteiger partial charge is 0.335 e. The third-order valence-electron chi connectivity index (χ3n) is 2.35. The Morgan fingerprint density at radius 2 is 2.05 bits per heavy atom. The molecule has 2 rings (SSSR count). The summed E-state index contributed by atoms with van der Waals surface area (Å²) < 4.78 is 4.75. The molecule has 0 spiro atoms. The standard InChI is InChI=1S/C12H10N2O5/c1-6-4-9(14-19-6)11(16)13-8-3-2-7(12(17)18)5-10(8)15/h2-5,15H,1H3,(H,13,16)(H,17,18). The number of phenols is 1. The van der Waals surface area contributed by atoms with E-state index in [0.717, 1.165) is 6.07 Å². The van der Waals surface area contributed by atoms with Gasteiger partial charge in [-0.1, -0.05) is 5.16 Å². The summed E-state index contributed by atoms with van der Waals surface area (Å²) in [7, 11) is 0. The van der Waals surface area contributed by atoms with Crippen molar-refractivity contribution in [3.8, 4) is 5.75 Å². The van der Waals surface area contributed by atoms with Crippen LogP contribution in [0, 0.1) is 6.92 Å². The van der Waals surface area contributed by atoms with E-state index in [4.69, 9.17) is 9.63 Å². The second-order valence-corrected chi connectivity index (χ2v) is 3.81. The van der Waals surface area contributed by atoms with E-state index in [-0.39, 0.29) is 22.7 Å². The summed E-state index contributed by atoms with van der Waals surface area (Å²) in [6.07, 6.45) is 0. The number of anilines is 1. The highest BCUT2D eigenvalue weighted by Crippen LogP contribution is 2.24. The molecule has 1 aromatic carbocycles. The summed E-state index contributed by atoms with van der Waals surface area (Å²) >= 11 is 0. The van der Waals surface area contributed by atoms with Gasteiger partial charge in [-0.2, -0.15) is 0 Å². The Morgan fingerprint density at radius 3 is 2.58 bits per heavy atom. The van der Waals surface area contributed by atoms with Crippen molar-refractivity contribution in [2.45, 2.75) is 6.92 Å². The van der Waals surface area contributed by atoms with Crippen molar-refractivity contribution in [2.75, 3.05) is 5.32 Å². The van der Waals surface area contributed by atoms with Crippen LogP contribution in [0.15, 0.2) is 28.8 Å². The van der Waals surface area contributed by atoms with E-state index in [1.165, 1.54) is 18.2 Å². The number of aromatic carboxylic acids is 1. The van der Waals surface area contributed by atoms with Gasteiger partial charge in [-0.25, -0.2) is 4.79 Å². The van der Waals surface area contributed by atoms with Gasteiger partial charge in [0.1, 0.15) is 11.5 Å². The maximum atomic E-state index is 11.7. The Morgan fingerprint density at radius 1 is 1.32 bits per heavy atom. The molecule has 0 saturated heterocycles. The first-order valence-corrected chi connectivity index (χ1v) is 5.28. The Labute approximate surface area is 107 Å². The topological polar surface area (TPSA) is 113 Å². The van der Waals surface area contributed by atoms with Crippen LogP contribution in [-0.2, 0) is 0 Å². The predicted molar refractivity (Wildman–Crippen MR) is 64.3 cm³/mol. The third-order valence-corrected chi connectivity index (χ3v) is 2.35. The molecule has 3 N–H and O–H groups in total. The number of benzene rings is 1. The molecule has 0 aliphatic heterocycles. The highest BCUT2D eigenvalue weighted by Gasteiger charge is 2.14. The number of aryl methyl sites for hydroxylation is 1. The Bertz CT molecular complexity index is 647. The van der Waals surface area contributed by atoms with E-state index in [0.29, 0.717) is 5.76 Å². The lowest BCUT2D eigenvalue weighted by atomic mass is 10.2. The highest BCUT2D eigenvalue weighted by atomic mass is 16.5. The molecule has 0 aliphatic carbocycles. The normalized spacial score (nSPS) is 10.2. The molecule has 1 amide bonds. The minimum atomic E-state index is -1.17. The lowest BCUT2D eigenvalue weighted by Crippen LogP contribution is -2.12. The summed E-state index contributed by atoms with van der Waals surface area (Å²) in [5, 5.41) is 24.3. The van der Waals surface area contributed by atoms with E-state index >= 15 is 0 Å². The van der Waals surface area contributed by atoms with E-state index in [1.807, 2.05) is 0 Å². The fraction of sp³-hybridized carbons (Fsp3) is 0.0833. The van der Waals surface area contributed by atoms with E-state index in [9.17, 15) is 14.7 Å². The van der Waals surface area contributed by atoms with Gasteiger partial charge in [-0.05, 0) is 25.1 Å². The van der Waals surface area contributed by atoms with Gasteiger partial charge < -0.3 is 20.1 Å². The average molecular weight is 262 g/mol. The van der Waals surface area contributed by atoms with Crippen LogP contribution in [0.25, 0.3) is 0 Å². The first-order valence-electron chi connectivity index (χ1n) is 5.28. The van der Waals surface area contributed by atoms with Crippen LogP contribution in [0.5, 0.6) is 5.75 Å². The van der Waals surface area contributed by atoms with Crippen molar-refractivity contribution in [3.63, 3.8) is 0 Å². The van der Waals surface area contributed by atoms with Gasteiger partial charge in [0.2, 0.25) is 0 Å². The number of carboxylic acid groups (broad SMARTS) is 1. The zero-order chi connectivity index (χ0) is 14.0. The van der Waals surface area contributed by atoms with Crippen LogP contribution in [0.1, 0.15) is 26.6 Å². The van der Waals surface area contributed by atoms with Crippen molar-refractivity contribution in [2.24, 2.45) is 0 Å². The van der Waals surface area contributed by atoms with Crippen LogP contribution in [-0.4, -0.2) is 27.2 Å². The van der Waals surface area contributed by atoms with Crippen molar-refractivity contribution >= 4 is 17.6 Å². The zero-order valence-electron chi connectivity index (χ0n) is 9.88. The van der Waals surface area contributed by atoms with Crippen LogP contribution < -0.4 is 5.32 Å². The van der Waals surface area contributed by atoms with Crippen molar-refractivity contribution in [3.05, 3.63) is 41.3 Å². The summed E-state index contributed by atoms with van der Waals surface area (Å²) in [5.41, 5.74) is 0.0858. The molecular formula is C12H10N2O5. The van der Waals surface area contributed by atoms with Gasteiger partial charge in [0.15, 0.2) is 5.69 Å². The van der Waals surface area contributed by atoms with Crippen molar-refractivity contribution < 1.29 is 24.3 Å². The minimum Gasteiger partial charge on any atom is -0.506 e. The molecule has 0 aliphatic rings. The fourth-order valence-corrected chi connectivity index (χ4v) is 1.43. The molecule has 1 heterocycles. The predicted octanol–water partition coefficient (Wildman–Crippen LogP) is 1.64. The van der Waals surface area contributed by atoms with Crippen LogP contribution in [0.3, 0.4) is 0 Å². The monoisotopic (exact) mass is 262 g/mol. The SMILES string of the molecule is Cc1cc(C(=O)Nc2ccc(C(=O)O)cc2O)no1. The molecule has 0 atom stereocenters. The summed E-state index contributed by atoms with van der Waals surface area (Å²) in [5.74, 6) is -1.58. The van der Waals surface area contributed by atoms with Crippen LogP contribution >= 0.6 is 0 Å². The molecule has 0 saturated carbocycles. The lowest BCUT2D eigenvalue weighted by Gasteiger charge is -2.06. The van der Waals surface area contributed by atoms with Crippen LogP contribution in [0.2, 0.25) is 0 Å². The molecule has 98 valence electrons. The first kappa shape index (κ1) is 12.6. The molecule has 0 unspecified atom stereocenters. The van der Waals surface area contributed by atoms with Gasteiger partial charge in [0.05, 0.1) is 11.3 Å². The number of aromatic hydroxyl groups is 1. The molecule has 2 aromatic rings. The average Bonchev–Trinajstić information content (AvgIpc) is 2.78. The maximum Gasteiger partial charge on any atom is 0.335 e. The molecule has 7 heteroatoms. The number of carbonyl (C=O) groups excluding carboxylic acids is 1. The molecular weight excluding hydrogens is 252 g/mol. The second-order valence-electron chi connectivity index (χ2n) is 3.81. The number of carboxylic acids is 1. The molecule has 0 fully saturated rings. The highest BCUT2D eigenvalue weighted by molar-refractivity contribution is 6.04. The van der Waals surface area contributed by atoms with Gasteiger partial charge >= 0.3 is 5.97 Å². The van der Waals surface area contributed by atoms with Gasteiger partial charge in [0, 0.05) is 6.07 Å². The van der Waals surface area contributed by atoms with Crippen molar-refractivity contribution in [1.82, 2.24) is 5.16 Å².